The van der Waals surface area contributed by atoms with Crippen LogP contribution in [0.3, 0.4) is 0 Å². The van der Waals surface area contributed by atoms with Crippen LogP contribution in [-0.2, 0) is 23.9 Å². The summed E-state index contributed by atoms with van der Waals surface area (Å²) in [6.07, 6.45) is 3.78. The molecule has 2 atom stereocenters. The Labute approximate surface area is 137 Å². The van der Waals surface area contributed by atoms with Gasteiger partial charge in [0.1, 0.15) is 13.2 Å². The molecular weight excluding hydrogens is 300 g/mol. The minimum Gasteiger partial charge on any atom is -0.481 e. The van der Waals surface area contributed by atoms with Crippen molar-refractivity contribution in [2.75, 3.05) is 13.2 Å². The maximum Gasteiger partial charge on any atom is 0.309 e. The molecule has 2 unspecified atom stereocenters. The van der Waals surface area contributed by atoms with Crippen LogP contribution in [0.5, 0.6) is 0 Å². The summed E-state index contributed by atoms with van der Waals surface area (Å²) in [6.45, 7) is 6.13. The lowest BCUT2D eigenvalue weighted by molar-refractivity contribution is -0.162. The zero-order chi connectivity index (χ0) is 17.5. The van der Waals surface area contributed by atoms with Gasteiger partial charge in [-0.25, -0.2) is 0 Å². The van der Waals surface area contributed by atoms with Crippen molar-refractivity contribution in [3.63, 3.8) is 0 Å². The number of esters is 2. The normalized spacial score (nSPS) is 21.5. The van der Waals surface area contributed by atoms with E-state index < -0.39 is 23.8 Å². The molecule has 0 aromatic carbocycles. The van der Waals surface area contributed by atoms with Crippen LogP contribution in [0.2, 0.25) is 0 Å². The molecule has 0 bridgehead atoms. The number of hydrogen-bond donors (Lipinski definition) is 1. The highest BCUT2D eigenvalue weighted by Crippen LogP contribution is 2.31. The molecule has 1 aliphatic carbocycles. The largest absolute Gasteiger partial charge is 0.481 e. The van der Waals surface area contributed by atoms with Crippen molar-refractivity contribution in [3.8, 4) is 0 Å². The first-order valence-electron chi connectivity index (χ1n) is 8.26. The van der Waals surface area contributed by atoms with E-state index in [2.05, 4.69) is 0 Å². The highest BCUT2D eigenvalue weighted by Gasteiger charge is 2.36. The third-order valence-electron chi connectivity index (χ3n) is 4.06. The van der Waals surface area contributed by atoms with E-state index in [0.717, 1.165) is 19.3 Å². The number of aliphatic carboxylic acids is 1. The van der Waals surface area contributed by atoms with Gasteiger partial charge in [-0.05, 0) is 24.7 Å². The first-order valence-corrected chi connectivity index (χ1v) is 8.26. The van der Waals surface area contributed by atoms with Crippen LogP contribution in [0.1, 0.15) is 59.3 Å². The molecule has 1 rings (SSSR count). The predicted molar refractivity (Wildman–Crippen MR) is 83.7 cm³/mol. The van der Waals surface area contributed by atoms with Crippen molar-refractivity contribution in [2.24, 2.45) is 17.3 Å². The Hall–Kier alpha value is -1.59. The van der Waals surface area contributed by atoms with Gasteiger partial charge < -0.3 is 14.6 Å². The third kappa shape index (κ3) is 7.48. The van der Waals surface area contributed by atoms with E-state index >= 15 is 0 Å². The molecule has 1 aliphatic rings. The zero-order valence-electron chi connectivity index (χ0n) is 14.3. The van der Waals surface area contributed by atoms with Crippen molar-refractivity contribution in [2.45, 2.75) is 59.3 Å². The first-order chi connectivity index (χ1) is 10.7. The van der Waals surface area contributed by atoms with Crippen molar-refractivity contribution in [1.82, 2.24) is 0 Å². The minimum absolute atomic E-state index is 0.0131. The molecule has 0 aromatic heterocycles. The molecule has 23 heavy (non-hydrogen) atoms. The van der Waals surface area contributed by atoms with Crippen molar-refractivity contribution < 1.29 is 29.0 Å². The lowest BCUT2D eigenvalue weighted by atomic mass is 9.79. The monoisotopic (exact) mass is 328 g/mol. The summed E-state index contributed by atoms with van der Waals surface area (Å²) in [5, 5.41) is 9.15. The van der Waals surface area contributed by atoms with Gasteiger partial charge in [-0.1, -0.05) is 33.6 Å². The number of hydrogen-bond acceptors (Lipinski definition) is 5. The molecule has 0 aliphatic heterocycles. The van der Waals surface area contributed by atoms with Crippen molar-refractivity contribution in [1.29, 1.82) is 0 Å². The smallest absolute Gasteiger partial charge is 0.309 e. The molecular formula is C17H28O6. The fraction of sp³-hybridized carbons (Fsp3) is 0.824. The minimum atomic E-state index is -0.944. The second kappa shape index (κ2) is 8.89. The average Bonchev–Trinajstić information content (AvgIpc) is 2.48. The van der Waals surface area contributed by atoms with Gasteiger partial charge in [0.05, 0.1) is 11.8 Å². The molecule has 132 valence electrons. The number of carboxylic acid groups (broad SMARTS) is 1. The number of carboxylic acids is 1. The molecule has 1 N–H and O–H groups in total. The van der Waals surface area contributed by atoms with E-state index in [0.29, 0.717) is 19.3 Å². The topological polar surface area (TPSA) is 89.9 Å². The number of carbonyl (C=O) groups excluding carboxylic acids is 2. The maximum atomic E-state index is 12.0. The van der Waals surface area contributed by atoms with Gasteiger partial charge in [0, 0.05) is 6.42 Å². The highest BCUT2D eigenvalue weighted by molar-refractivity contribution is 5.81. The van der Waals surface area contributed by atoms with E-state index in [1.54, 1.807) is 0 Å². The van der Waals surface area contributed by atoms with Crippen LogP contribution in [-0.4, -0.2) is 36.2 Å². The van der Waals surface area contributed by atoms with Crippen LogP contribution in [0.15, 0.2) is 0 Å². The molecule has 0 aromatic rings. The van der Waals surface area contributed by atoms with Crippen LogP contribution in [0.25, 0.3) is 0 Å². The first kappa shape index (κ1) is 19.5. The standard InChI is InChI=1S/C17H28O6/c1-17(2,3)9-8-14(18)22-10-11-23-16(21)13-7-5-4-6-12(13)15(19)20/h12-13H,4-11H2,1-3H3,(H,19,20). The van der Waals surface area contributed by atoms with E-state index in [1.807, 2.05) is 20.8 Å². The predicted octanol–water partition coefficient (Wildman–Crippen LogP) is 2.79. The lowest BCUT2D eigenvalue weighted by Gasteiger charge is -2.26. The molecule has 0 spiro atoms. The fourth-order valence-corrected chi connectivity index (χ4v) is 2.66. The Kier molecular flexibility index (Phi) is 7.52. The van der Waals surface area contributed by atoms with E-state index in [-0.39, 0.29) is 24.6 Å². The summed E-state index contributed by atoms with van der Waals surface area (Å²) in [4.78, 5) is 34.7. The van der Waals surface area contributed by atoms with Crippen LogP contribution in [0, 0.1) is 17.3 Å². The van der Waals surface area contributed by atoms with Gasteiger partial charge >= 0.3 is 17.9 Å². The van der Waals surface area contributed by atoms with Crippen molar-refractivity contribution in [3.05, 3.63) is 0 Å². The summed E-state index contributed by atoms with van der Waals surface area (Å²) in [5.74, 6) is -3.00. The molecule has 0 saturated heterocycles. The highest BCUT2D eigenvalue weighted by atomic mass is 16.6. The molecule has 1 saturated carbocycles. The molecule has 0 radical (unpaired) electrons. The average molecular weight is 328 g/mol. The third-order valence-corrected chi connectivity index (χ3v) is 4.06. The SMILES string of the molecule is CC(C)(C)CCC(=O)OCCOC(=O)C1CCCCC1C(=O)O. The quantitative estimate of drug-likeness (QED) is 0.571. The Bertz CT molecular complexity index is 423. The molecule has 6 nitrogen and oxygen atoms in total. The van der Waals surface area contributed by atoms with Gasteiger partial charge in [0.2, 0.25) is 0 Å². The van der Waals surface area contributed by atoms with E-state index in [1.165, 1.54) is 0 Å². The molecule has 6 heteroatoms. The Balaban J connectivity index is 2.25. The second-order valence-corrected chi connectivity index (χ2v) is 7.28. The summed E-state index contributed by atoms with van der Waals surface area (Å²) in [7, 11) is 0. The number of carbonyl (C=O) groups is 3. The molecule has 1 fully saturated rings. The number of rotatable bonds is 7. The Morgan fingerprint density at radius 2 is 1.57 bits per heavy atom. The van der Waals surface area contributed by atoms with Gasteiger partial charge in [0.15, 0.2) is 0 Å². The van der Waals surface area contributed by atoms with E-state index in [9.17, 15) is 14.4 Å². The van der Waals surface area contributed by atoms with Crippen LogP contribution >= 0.6 is 0 Å². The van der Waals surface area contributed by atoms with Gasteiger partial charge in [-0.3, -0.25) is 14.4 Å². The van der Waals surface area contributed by atoms with Gasteiger partial charge in [-0.2, -0.15) is 0 Å². The Morgan fingerprint density at radius 1 is 1.00 bits per heavy atom. The summed E-state index contributed by atoms with van der Waals surface area (Å²) >= 11 is 0. The maximum absolute atomic E-state index is 12.0. The zero-order valence-corrected chi connectivity index (χ0v) is 14.3. The summed E-state index contributed by atoms with van der Waals surface area (Å²) in [5.41, 5.74) is 0.0678. The summed E-state index contributed by atoms with van der Waals surface area (Å²) in [6, 6.07) is 0. The van der Waals surface area contributed by atoms with Crippen LogP contribution < -0.4 is 0 Å². The summed E-state index contributed by atoms with van der Waals surface area (Å²) < 4.78 is 10.1. The molecule has 0 amide bonds. The van der Waals surface area contributed by atoms with Gasteiger partial charge in [0.25, 0.3) is 0 Å². The fourth-order valence-electron chi connectivity index (χ4n) is 2.66. The lowest BCUT2D eigenvalue weighted by Crippen LogP contribution is -2.34. The molecule has 0 heterocycles. The number of ether oxygens (including phenoxy) is 2. The van der Waals surface area contributed by atoms with Gasteiger partial charge in [-0.15, -0.1) is 0 Å². The Morgan fingerprint density at radius 3 is 2.13 bits per heavy atom. The van der Waals surface area contributed by atoms with Crippen LogP contribution in [0.4, 0.5) is 0 Å². The van der Waals surface area contributed by atoms with Crippen molar-refractivity contribution >= 4 is 17.9 Å². The van der Waals surface area contributed by atoms with E-state index in [4.69, 9.17) is 14.6 Å². The second-order valence-electron chi connectivity index (χ2n) is 7.28.